The predicted octanol–water partition coefficient (Wildman–Crippen LogP) is 3.62. The van der Waals surface area contributed by atoms with Crippen LogP contribution in [0, 0.1) is 0 Å². The molecule has 2 N–H and O–H groups in total. The normalized spacial score (nSPS) is 10.0. The van der Waals surface area contributed by atoms with Gasteiger partial charge in [-0.1, -0.05) is 25.1 Å². The predicted molar refractivity (Wildman–Crippen MR) is 96.5 cm³/mol. The Kier molecular flexibility index (Phi) is 6.39. The average Bonchev–Trinajstić information content (AvgIpc) is 2.65. The van der Waals surface area contributed by atoms with E-state index in [0.717, 1.165) is 5.56 Å². The minimum atomic E-state index is -0.381. The van der Waals surface area contributed by atoms with Crippen LogP contribution in [0.3, 0.4) is 0 Å². The van der Waals surface area contributed by atoms with Crippen molar-refractivity contribution in [1.29, 1.82) is 0 Å². The van der Waals surface area contributed by atoms with Crippen LogP contribution in [-0.4, -0.2) is 26.0 Å². The molecule has 132 valence electrons. The number of anilines is 1. The minimum absolute atomic E-state index is 0.0304. The second-order valence-electron chi connectivity index (χ2n) is 5.31. The van der Waals surface area contributed by atoms with Crippen LogP contribution in [0.5, 0.6) is 11.5 Å². The highest BCUT2D eigenvalue weighted by Crippen LogP contribution is 2.27. The second-order valence-corrected chi connectivity index (χ2v) is 5.31. The summed E-state index contributed by atoms with van der Waals surface area (Å²) in [5.41, 5.74) is 1.88. The molecule has 6 heteroatoms. The standard InChI is InChI=1S/C19H22N2O4/c1-4-16(22)13-7-5-8-14(11-13)21-19(23)20-12-15-17(24-2)9-6-10-18(15)25-3/h5-11H,4,12H2,1-3H3,(H2,20,21,23). The number of benzene rings is 2. The Hall–Kier alpha value is -3.02. The Labute approximate surface area is 147 Å². The fourth-order valence-electron chi connectivity index (χ4n) is 2.42. The van der Waals surface area contributed by atoms with Crippen LogP contribution >= 0.6 is 0 Å². The highest BCUT2D eigenvalue weighted by molar-refractivity contribution is 5.98. The molecule has 0 aliphatic rings. The van der Waals surface area contributed by atoms with Gasteiger partial charge < -0.3 is 20.1 Å². The lowest BCUT2D eigenvalue weighted by Gasteiger charge is -2.14. The van der Waals surface area contributed by atoms with E-state index < -0.39 is 0 Å². The van der Waals surface area contributed by atoms with Crippen molar-refractivity contribution in [2.24, 2.45) is 0 Å². The number of rotatable bonds is 7. The van der Waals surface area contributed by atoms with Crippen molar-refractivity contribution in [2.75, 3.05) is 19.5 Å². The summed E-state index contributed by atoms with van der Waals surface area (Å²) in [7, 11) is 3.13. The van der Waals surface area contributed by atoms with E-state index in [0.29, 0.717) is 29.2 Å². The van der Waals surface area contributed by atoms with Crippen LogP contribution in [0.15, 0.2) is 42.5 Å². The SMILES string of the molecule is CCC(=O)c1cccc(NC(=O)NCc2c(OC)cccc2OC)c1. The van der Waals surface area contributed by atoms with E-state index in [4.69, 9.17) is 9.47 Å². The van der Waals surface area contributed by atoms with Gasteiger partial charge in [0.2, 0.25) is 0 Å². The Morgan fingerprint density at radius 3 is 2.24 bits per heavy atom. The zero-order valence-electron chi connectivity index (χ0n) is 14.6. The molecule has 6 nitrogen and oxygen atoms in total. The molecule has 0 aliphatic carbocycles. The molecule has 2 aromatic rings. The lowest BCUT2D eigenvalue weighted by atomic mass is 10.1. The van der Waals surface area contributed by atoms with Crippen molar-refractivity contribution in [1.82, 2.24) is 5.32 Å². The zero-order valence-corrected chi connectivity index (χ0v) is 14.6. The van der Waals surface area contributed by atoms with E-state index in [-0.39, 0.29) is 18.4 Å². The number of hydrogen-bond acceptors (Lipinski definition) is 4. The number of ketones is 1. The quantitative estimate of drug-likeness (QED) is 0.754. The van der Waals surface area contributed by atoms with Gasteiger partial charge in [0.15, 0.2) is 5.78 Å². The third kappa shape index (κ3) is 4.73. The Balaban J connectivity index is 2.03. The summed E-state index contributed by atoms with van der Waals surface area (Å²) in [6.07, 6.45) is 0.420. The van der Waals surface area contributed by atoms with Gasteiger partial charge in [0, 0.05) is 17.7 Å². The lowest BCUT2D eigenvalue weighted by molar-refractivity contribution is 0.0988. The number of hydrogen-bond donors (Lipinski definition) is 2. The van der Waals surface area contributed by atoms with E-state index in [1.54, 1.807) is 57.5 Å². The van der Waals surface area contributed by atoms with Gasteiger partial charge in [-0.05, 0) is 24.3 Å². The smallest absolute Gasteiger partial charge is 0.319 e. The number of urea groups is 1. The number of Topliss-reactive ketones (excluding diaryl/α,β-unsaturated/α-hetero) is 1. The van der Waals surface area contributed by atoms with Crippen molar-refractivity contribution < 1.29 is 19.1 Å². The van der Waals surface area contributed by atoms with Gasteiger partial charge in [-0.2, -0.15) is 0 Å². The molecule has 2 aromatic carbocycles. The fraction of sp³-hybridized carbons (Fsp3) is 0.263. The van der Waals surface area contributed by atoms with Crippen molar-refractivity contribution >= 4 is 17.5 Å². The van der Waals surface area contributed by atoms with Gasteiger partial charge in [0.05, 0.1) is 26.3 Å². The highest BCUT2D eigenvalue weighted by atomic mass is 16.5. The molecule has 0 aliphatic heterocycles. The summed E-state index contributed by atoms with van der Waals surface area (Å²) in [5, 5.41) is 5.49. The first-order valence-electron chi connectivity index (χ1n) is 7.97. The molecular weight excluding hydrogens is 320 g/mol. The molecule has 0 fully saturated rings. The lowest BCUT2D eigenvalue weighted by Crippen LogP contribution is -2.28. The number of amides is 2. The number of methoxy groups -OCH3 is 2. The molecule has 0 bridgehead atoms. The third-order valence-corrected chi connectivity index (χ3v) is 3.72. The van der Waals surface area contributed by atoms with Gasteiger partial charge >= 0.3 is 6.03 Å². The maximum Gasteiger partial charge on any atom is 0.319 e. The van der Waals surface area contributed by atoms with Crippen LogP contribution in [0.25, 0.3) is 0 Å². The van der Waals surface area contributed by atoms with Gasteiger partial charge in [0.1, 0.15) is 11.5 Å². The van der Waals surface area contributed by atoms with E-state index in [2.05, 4.69) is 10.6 Å². The molecule has 0 spiro atoms. The number of nitrogens with one attached hydrogen (secondary N) is 2. The topological polar surface area (TPSA) is 76.7 Å². The van der Waals surface area contributed by atoms with Crippen LogP contribution in [-0.2, 0) is 6.54 Å². The number of ether oxygens (including phenoxy) is 2. The zero-order chi connectivity index (χ0) is 18.2. The molecule has 25 heavy (non-hydrogen) atoms. The minimum Gasteiger partial charge on any atom is -0.496 e. The monoisotopic (exact) mass is 342 g/mol. The van der Waals surface area contributed by atoms with Gasteiger partial charge in [-0.3, -0.25) is 4.79 Å². The van der Waals surface area contributed by atoms with Gasteiger partial charge in [-0.15, -0.1) is 0 Å². The van der Waals surface area contributed by atoms with Crippen molar-refractivity contribution in [3.63, 3.8) is 0 Å². The van der Waals surface area contributed by atoms with Crippen LogP contribution in [0.4, 0.5) is 10.5 Å². The van der Waals surface area contributed by atoms with Crippen molar-refractivity contribution in [3.05, 3.63) is 53.6 Å². The maximum absolute atomic E-state index is 12.1. The van der Waals surface area contributed by atoms with Crippen molar-refractivity contribution in [3.8, 4) is 11.5 Å². The van der Waals surface area contributed by atoms with Crippen molar-refractivity contribution in [2.45, 2.75) is 19.9 Å². The number of carbonyl (C=O) groups is 2. The molecule has 0 saturated carbocycles. The molecule has 0 atom stereocenters. The van der Waals surface area contributed by atoms with Crippen LogP contribution in [0.2, 0.25) is 0 Å². The second kappa shape index (κ2) is 8.73. The first-order chi connectivity index (χ1) is 12.1. The molecule has 0 saturated heterocycles. The van der Waals surface area contributed by atoms with E-state index in [9.17, 15) is 9.59 Å². The van der Waals surface area contributed by atoms with E-state index in [1.165, 1.54) is 0 Å². The third-order valence-electron chi connectivity index (χ3n) is 3.72. The molecule has 0 radical (unpaired) electrons. The largest absolute Gasteiger partial charge is 0.496 e. The number of carbonyl (C=O) groups excluding carboxylic acids is 2. The summed E-state index contributed by atoms with van der Waals surface area (Å²) < 4.78 is 10.6. The molecular formula is C19H22N2O4. The molecule has 0 heterocycles. The Morgan fingerprint density at radius 2 is 1.64 bits per heavy atom. The summed E-state index contributed by atoms with van der Waals surface area (Å²) in [6.45, 7) is 2.04. The molecule has 0 aromatic heterocycles. The average molecular weight is 342 g/mol. The maximum atomic E-state index is 12.1. The molecule has 2 rings (SSSR count). The Bertz CT molecular complexity index is 737. The molecule has 2 amide bonds. The van der Waals surface area contributed by atoms with E-state index >= 15 is 0 Å². The first kappa shape index (κ1) is 18.3. The Morgan fingerprint density at radius 1 is 1.00 bits per heavy atom. The summed E-state index contributed by atoms with van der Waals surface area (Å²) in [6, 6.07) is 11.9. The van der Waals surface area contributed by atoms with Gasteiger partial charge in [0.25, 0.3) is 0 Å². The first-order valence-corrected chi connectivity index (χ1v) is 7.97. The van der Waals surface area contributed by atoms with Crippen LogP contribution < -0.4 is 20.1 Å². The summed E-state index contributed by atoms with van der Waals surface area (Å²) in [5.74, 6) is 1.30. The highest BCUT2D eigenvalue weighted by Gasteiger charge is 2.11. The summed E-state index contributed by atoms with van der Waals surface area (Å²) in [4.78, 5) is 23.9. The fourth-order valence-corrected chi connectivity index (χ4v) is 2.42. The van der Waals surface area contributed by atoms with E-state index in [1.807, 2.05) is 6.07 Å². The molecule has 0 unspecified atom stereocenters. The van der Waals surface area contributed by atoms with Crippen LogP contribution in [0.1, 0.15) is 29.3 Å². The van der Waals surface area contributed by atoms with Gasteiger partial charge in [-0.25, -0.2) is 4.79 Å². The summed E-state index contributed by atoms with van der Waals surface area (Å²) >= 11 is 0.